The lowest BCUT2D eigenvalue weighted by molar-refractivity contribution is 0.0571. The Morgan fingerprint density at radius 1 is 1.03 bits per heavy atom. The van der Waals surface area contributed by atoms with E-state index in [1.807, 2.05) is 12.1 Å². The second kappa shape index (κ2) is 11.9. The summed E-state index contributed by atoms with van der Waals surface area (Å²) in [6.07, 6.45) is 8.86. The number of carbonyl (C=O) groups excluding carboxylic acids is 1. The van der Waals surface area contributed by atoms with E-state index in [9.17, 15) is 4.79 Å². The molecule has 0 unspecified atom stereocenters. The average molecular weight is 481 g/mol. The average Bonchev–Trinajstić information content (AvgIpc) is 2.85. The van der Waals surface area contributed by atoms with Gasteiger partial charge in [0.25, 0.3) is 0 Å². The molecule has 2 aliphatic rings. The molecule has 180 valence electrons. The van der Waals surface area contributed by atoms with Crippen LogP contribution in [0.5, 0.6) is 0 Å². The maximum absolute atomic E-state index is 12.3. The van der Waals surface area contributed by atoms with E-state index in [2.05, 4.69) is 68.9 Å². The highest BCUT2D eigenvalue weighted by Crippen LogP contribution is 2.39. The van der Waals surface area contributed by atoms with Crippen molar-refractivity contribution >= 4 is 34.1 Å². The van der Waals surface area contributed by atoms with E-state index in [1.165, 1.54) is 9.93 Å². The maximum atomic E-state index is 12.3. The van der Waals surface area contributed by atoms with Crippen molar-refractivity contribution in [2.24, 2.45) is 0 Å². The molecule has 9 heteroatoms. The molecule has 0 saturated carbocycles. The fraction of sp³-hybridized carbons (Fsp3) is 0.360. The monoisotopic (exact) mass is 480 g/mol. The Morgan fingerprint density at radius 3 is 2.38 bits per heavy atom. The summed E-state index contributed by atoms with van der Waals surface area (Å²) in [6.45, 7) is 5.36. The van der Waals surface area contributed by atoms with Crippen molar-refractivity contribution in [1.82, 2.24) is 19.7 Å². The Morgan fingerprint density at radius 2 is 1.71 bits per heavy atom. The Kier molecular flexibility index (Phi) is 8.46. The quantitative estimate of drug-likeness (QED) is 0.588. The second-order valence-corrected chi connectivity index (χ2v) is 9.51. The van der Waals surface area contributed by atoms with Crippen LogP contribution in [0, 0.1) is 0 Å². The molecular weight excluding hydrogens is 448 g/mol. The normalized spacial score (nSPS) is 16.2. The number of aromatic nitrogens is 1. The summed E-state index contributed by atoms with van der Waals surface area (Å²) in [4.78, 5) is 24.4. The van der Waals surface area contributed by atoms with E-state index in [-0.39, 0.29) is 6.03 Å². The Hall–Kier alpha value is -3.01. The van der Waals surface area contributed by atoms with E-state index in [0.29, 0.717) is 5.69 Å². The zero-order chi connectivity index (χ0) is 23.8. The van der Waals surface area contributed by atoms with Crippen molar-refractivity contribution in [3.8, 4) is 0 Å². The van der Waals surface area contributed by atoms with Crippen LogP contribution in [0.3, 0.4) is 0 Å². The van der Waals surface area contributed by atoms with Gasteiger partial charge in [0.15, 0.2) is 0 Å². The van der Waals surface area contributed by atoms with E-state index in [4.69, 9.17) is 4.74 Å². The van der Waals surface area contributed by atoms with E-state index >= 15 is 0 Å². The summed E-state index contributed by atoms with van der Waals surface area (Å²) in [5.74, 6) is 0. The fourth-order valence-corrected chi connectivity index (χ4v) is 4.87. The second-order valence-electron chi connectivity index (χ2n) is 8.45. The van der Waals surface area contributed by atoms with Crippen LogP contribution in [0.15, 0.2) is 66.2 Å². The first-order valence-electron chi connectivity index (χ1n) is 11.5. The molecule has 2 N–H and O–H groups in total. The van der Waals surface area contributed by atoms with Crippen molar-refractivity contribution in [2.45, 2.75) is 6.42 Å². The summed E-state index contributed by atoms with van der Waals surface area (Å²) in [6, 6.07) is 11.2. The minimum Gasteiger partial charge on any atom is -0.378 e. The number of ether oxygens (including phenoxy) is 1. The molecule has 1 saturated heterocycles. The number of benzene rings is 1. The predicted octanol–water partition coefficient (Wildman–Crippen LogP) is 4.16. The van der Waals surface area contributed by atoms with Gasteiger partial charge in [0, 0.05) is 60.7 Å². The summed E-state index contributed by atoms with van der Waals surface area (Å²) in [5.41, 5.74) is 2.56. The van der Waals surface area contributed by atoms with Crippen LogP contribution >= 0.6 is 11.8 Å². The molecule has 0 radical (unpaired) electrons. The summed E-state index contributed by atoms with van der Waals surface area (Å²) in [5, 5.41) is 6.94. The van der Waals surface area contributed by atoms with Gasteiger partial charge < -0.3 is 30.1 Å². The van der Waals surface area contributed by atoms with Crippen molar-refractivity contribution in [2.75, 3.05) is 64.1 Å². The van der Waals surface area contributed by atoms with Gasteiger partial charge in [-0.05, 0) is 56.9 Å². The molecule has 2 aromatic rings. The van der Waals surface area contributed by atoms with Gasteiger partial charge in [-0.1, -0.05) is 23.9 Å². The predicted molar refractivity (Wildman–Crippen MR) is 139 cm³/mol. The molecular formula is C25H32N6O2S. The SMILES string of the molecule is CN(C)CCCN1C=C(c2ccc(NC(=O)Nc3ccncc3)cc2)SC(N2CCOCC2)=C1. The Labute approximate surface area is 205 Å². The van der Waals surface area contributed by atoms with Crippen molar-refractivity contribution in [3.05, 3.63) is 71.8 Å². The first-order valence-corrected chi connectivity index (χ1v) is 12.3. The van der Waals surface area contributed by atoms with Gasteiger partial charge in [-0.3, -0.25) is 4.98 Å². The van der Waals surface area contributed by atoms with Gasteiger partial charge >= 0.3 is 6.03 Å². The highest BCUT2D eigenvalue weighted by molar-refractivity contribution is 8.11. The van der Waals surface area contributed by atoms with Crippen LogP contribution in [0.1, 0.15) is 12.0 Å². The molecule has 0 aliphatic carbocycles. The zero-order valence-corrected chi connectivity index (χ0v) is 20.6. The molecule has 4 rings (SSSR count). The molecule has 1 fully saturated rings. The number of anilines is 2. The number of thioether (sulfide) groups is 1. The van der Waals surface area contributed by atoms with Crippen molar-refractivity contribution in [3.63, 3.8) is 0 Å². The molecule has 8 nitrogen and oxygen atoms in total. The number of rotatable bonds is 8. The standard InChI is InChI=1S/C25H32N6O2S/c1-29(2)12-3-13-30-18-23(34-24(19-30)31-14-16-33-17-15-31)20-4-6-21(7-5-20)27-25(32)28-22-8-10-26-11-9-22/h4-11,18-19H,3,12-17H2,1-2H3,(H2,26,27,28,32). The smallest absolute Gasteiger partial charge is 0.323 e. The summed E-state index contributed by atoms with van der Waals surface area (Å²) in [7, 11) is 4.21. The number of amides is 2. The number of nitrogens with zero attached hydrogens (tertiary/aromatic N) is 4. The number of hydrogen-bond acceptors (Lipinski definition) is 7. The highest BCUT2D eigenvalue weighted by atomic mass is 32.2. The molecule has 1 aromatic carbocycles. The number of hydrogen-bond donors (Lipinski definition) is 2. The maximum Gasteiger partial charge on any atom is 0.323 e. The molecule has 34 heavy (non-hydrogen) atoms. The van der Waals surface area contributed by atoms with Crippen molar-refractivity contribution < 1.29 is 9.53 Å². The number of morpholine rings is 1. The highest BCUT2D eigenvalue weighted by Gasteiger charge is 2.21. The summed E-state index contributed by atoms with van der Waals surface area (Å²) >= 11 is 1.79. The minimum atomic E-state index is -0.283. The number of urea groups is 1. The van der Waals surface area contributed by atoms with Gasteiger partial charge in [-0.2, -0.15) is 0 Å². The molecule has 0 spiro atoms. The van der Waals surface area contributed by atoms with Crippen LogP contribution in [0.2, 0.25) is 0 Å². The molecule has 2 aliphatic heterocycles. The van der Waals surface area contributed by atoms with Gasteiger partial charge in [-0.25, -0.2) is 4.79 Å². The van der Waals surface area contributed by atoms with Gasteiger partial charge in [0.2, 0.25) is 0 Å². The van der Waals surface area contributed by atoms with Gasteiger partial charge in [0.05, 0.1) is 18.2 Å². The first kappa shape index (κ1) is 24.1. The molecule has 0 atom stereocenters. The third-order valence-electron chi connectivity index (χ3n) is 5.48. The Bertz CT molecular complexity index is 1000. The van der Waals surface area contributed by atoms with Crippen LogP contribution in [-0.2, 0) is 4.74 Å². The lowest BCUT2D eigenvalue weighted by atomic mass is 10.2. The van der Waals surface area contributed by atoms with Crippen LogP contribution < -0.4 is 10.6 Å². The van der Waals surface area contributed by atoms with Gasteiger partial charge in [-0.15, -0.1) is 0 Å². The zero-order valence-electron chi connectivity index (χ0n) is 19.7. The van der Waals surface area contributed by atoms with Gasteiger partial charge in [0.1, 0.15) is 0 Å². The third kappa shape index (κ3) is 6.99. The summed E-state index contributed by atoms with van der Waals surface area (Å²) < 4.78 is 5.55. The number of carbonyl (C=O) groups is 1. The fourth-order valence-electron chi connectivity index (χ4n) is 3.70. The Balaban J connectivity index is 1.43. The van der Waals surface area contributed by atoms with Crippen LogP contribution in [0.4, 0.5) is 16.2 Å². The number of nitrogens with one attached hydrogen (secondary N) is 2. The topological polar surface area (TPSA) is 73.0 Å². The molecule has 2 amide bonds. The largest absolute Gasteiger partial charge is 0.378 e. The van der Waals surface area contributed by atoms with E-state index in [0.717, 1.165) is 57.1 Å². The number of pyridine rings is 1. The van der Waals surface area contributed by atoms with Crippen LogP contribution in [0.25, 0.3) is 4.91 Å². The van der Waals surface area contributed by atoms with E-state index in [1.54, 1.807) is 36.3 Å². The third-order valence-corrected chi connectivity index (χ3v) is 6.62. The lowest BCUT2D eigenvalue weighted by Gasteiger charge is -2.34. The van der Waals surface area contributed by atoms with E-state index < -0.39 is 0 Å². The molecule has 1 aromatic heterocycles. The minimum absolute atomic E-state index is 0.283. The lowest BCUT2D eigenvalue weighted by Crippen LogP contribution is -2.36. The van der Waals surface area contributed by atoms with Crippen LogP contribution in [-0.4, -0.2) is 79.2 Å². The molecule has 3 heterocycles. The van der Waals surface area contributed by atoms with Crippen molar-refractivity contribution in [1.29, 1.82) is 0 Å². The first-order chi connectivity index (χ1) is 16.6. The molecule has 0 bridgehead atoms.